The summed E-state index contributed by atoms with van der Waals surface area (Å²) in [5.74, 6) is -0.850. The van der Waals surface area contributed by atoms with Crippen molar-refractivity contribution in [1.29, 1.82) is 5.26 Å². The van der Waals surface area contributed by atoms with E-state index in [1.54, 1.807) is 6.07 Å². The SMILES string of the molecule is N#Cc1cc(F)cc([N+](=O)[O-])c1N. The van der Waals surface area contributed by atoms with E-state index in [-0.39, 0.29) is 11.3 Å². The predicted octanol–water partition coefficient (Wildman–Crippen LogP) is 1.19. The highest BCUT2D eigenvalue weighted by Gasteiger charge is 2.16. The first kappa shape index (κ1) is 8.93. The van der Waals surface area contributed by atoms with E-state index in [1.807, 2.05) is 0 Å². The molecule has 0 bridgehead atoms. The molecular formula is C7H4FN3O2. The molecule has 0 aliphatic heterocycles. The van der Waals surface area contributed by atoms with E-state index < -0.39 is 16.4 Å². The van der Waals surface area contributed by atoms with Gasteiger partial charge in [-0.05, 0) is 6.07 Å². The van der Waals surface area contributed by atoms with Gasteiger partial charge in [0.1, 0.15) is 17.6 Å². The first-order valence-electron chi connectivity index (χ1n) is 3.19. The van der Waals surface area contributed by atoms with Gasteiger partial charge >= 0.3 is 0 Å². The summed E-state index contributed by atoms with van der Waals surface area (Å²) in [5.41, 5.74) is 4.11. The number of halogens is 1. The maximum absolute atomic E-state index is 12.6. The normalized spacial score (nSPS) is 9.23. The van der Waals surface area contributed by atoms with Crippen LogP contribution in [-0.4, -0.2) is 4.92 Å². The molecule has 1 aromatic rings. The summed E-state index contributed by atoms with van der Waals surface area (Å²) in [6, 6.07) is 3.09. The smallest absolute Gasteiger partial charge is 0.296 e. The summed E-state index contributed by atoms with van der Waals surface area (Å²) in [6.45, 7) is 0. The highest BCUT2D eigenvalue weighted by molar-refractivity contribution is 5.67. The van der Waals surface area contributed by atoms with Crippen LogP contribution >= 0.6 is 0 Å². The third-order valence-corrected chi connectivity index (χ3v) is 1.44. The largest absolute Gasteiger partial charge is 0.392 e. The number of nitriles is 1. The molecule has 0 unspecified atom stereocenters. The summed E-state index contributed by atoms with van der Waals surface area (Å²) in [4.78, 5) is 9.46. The molecule has 1 aromatic carbocycles. The molecule has 13 heavy (non-hydrogen) atoms. The van der Waals surface area contributed by atoms with Crippen molar-refractivity contribution in [2.75, 3.05) is 5.73 Å². The van der Waals surface area contributed by atoms with Crippen LogP contribution in [0, 0.1) is 27.3 Å². The van der Waals surface area contributed by atoms with Crippen LogP contribution in [0.15, 0.2) is 12.1 Å². The van der Waals surface area contributed by atoms with Crippen LogP contribution in [0.25, 0.3) is 0 Å². The van der Waals surface area contributed by atoms with Crippen LogP contribution in [0.4, 0.5) is 15.8 Å². The van der Waals surface area contributed by atoms with Crippen molar-refractivity contribution in [2.24, 2.45) is 0 Å². The summed E-state index contributed by atoms with van der Waals surface area (Å²) >= 11 is 0. The molecule has 0 spiro atoms. The van der Waals surface area contributed by atoms with E-state index >= 15 is 0 Å². The summed E-state index contributed by atoms with van der Waals surface area (Å²) in [6.07, 6.45) is 0. The Labute approximate surface area is 72.3 Å². The lowest BCUT2D eigenvalue weighted by Crippen LogP contribution is -1.99. The first-order valence-corrected chi connectivity index (χ1v) is 3.19. The predicted molar refractivity (Wildman–Crippen MR) is 42.2 cm³/mol. The topological polar surface area (TPSA) is 92.9 Å². The van der Waals surface area contributed by atoms with Crippen LogP contribution in [-0.2, 0) is 0 Å². The lowest BCUT2D eigenvalue weighted by Gasteiger charge is -1.98. The van der Waals surface area contributed by atoms with E-state index in [0.717, 1.165) is 6.07 Å². The maximum Gasteiger partial charge on any atom is 0.296 e. The number of nitro groups is 1. The Morgan fingerprint density at radius 1 is 1.62 bits per heavy atom. The van der Waals surface area contributed by atoms with E-state index in [2.05, 4.69) is 0 Å². The second kappa shape index (κ2) is 3.06. The number of anilines is 1. The minimum atomic E-state index is -0.850. The van der Waals surface area contributed by atoms with Crippen molar-refractivity contribution < 1.29 is 9.31 Å². The number of nitrogens with zero attached hydrogens (tertiary/aromatic N) is 2. The maximum atomic E-state index is 12.6. The van der Waals surface area contributed by atoms with Crippen molar-refractivity contribution >= 4 is 11.4 Å². The molecule has 0 amide bonds. The number of benzene rings is 1. The van der Waals surface area contributed by atoms with Crippen molar-refractivity contribution in [3.63, 3.8) is 0 Å². The molecule has 0 radical (unpaired) electrons. The average Bonchev–Trinajstić information content (AvgIpc) is 2.08. The van der Waals surface area contributed by atoms with Gasteiger partial charge < -0.3 is 5.73 Å². The van der Waals surface area contributed by atoms with Crippen LogP contribution in [0.2, 0.25) is 0 Å². The van der Waals surface area contributed by atoms with Gasteiger partial charge in [0.15, 0.2) is 0 Å². The van der Waals surface area contributed by atoms with E-state index in [0.29, 0.717) is 6.07 Å². The Morgan fingerprint density at radius 2 is 2.23 bits per heavy atom. The average molecular weight is 181 g/mol. The molecule has 0 aromatic heterocycles. The van der Waals surface area contributed by atoms with Gasteiger partial charge in [0, 0.05) is 0 Å². The fraction of sp³-hybridized carbons (Fsp3) is 0. The number of nitrogen functional groups attached to an aromatic ring is 1. The lowest BCUT2D eigenvalue weighted by atomic mass is 10.1. The van der Waals surface area contributed by atoms with Gasteiger partial charge in [-0.1, -0.05) is 0 Å². The Balaban J connectivity index is 3.47. The Bertz CT molecular complexity index is 411. The van der Waals surface area contributed by atoms with Crippen LogP contribution < -0.4 is 5.73 Å². The molecular weight excluding hydrogens is 177 g/mol. The molecule has 0 atom stereocenters. The van der Waals surface area contributed by atoms with Crippen molar-refractivity contribution in [1.82, 2.24) is 0 Å². The molecule has 1 rings (SSSR count). The van der Waals surface area contributed by atoms with Crippen molar-refractivity contribution in [3.05, 3.63) is 33.6 Å². The zero-order chi connectivity index (χ0) is 10.0. The third kappa shape index (κ3) is 1.54. The van der Waals surface area contributed by atoms with Gasteiger partial charge in [-0.3, -0.25) is 10.1 Å². The van der Waals surface area contributed by atoms with E-state index in [4.69, 9.17) is 11.0 Å². The molecule has 0 fully saturated rings. The third-order valence-electron chi connectivity index (χ3n) is 1.44. The van der Waals surface area contributed by atoms with Crippen LogP contribution in [0.1, 0.15) is 5.56 Å². The number of hydrogen-bond acceptors (Lipinski definition) is 4. The van der Waals surface area contributed by atoms with Gasteiger partial charge in [-0.15, -0.1) is 0 Å². The van der Waals surface area contributed by atoms with Crippen molar-refractivity contribution in [3.8, 4) is 6.07 Å². The van der Waals surface area contributed by atoms with Crippen LogP contribution in [0.3, 0.4) is 0 Å². The quantitative estimate of drug-likeness (QED) is 0.400. The van der Waals surface area contributed by atoms with Crippen LogP contribution in [0.5, 0.6) is 0 Å². The summed E-state index contributed by atoms with van der Waals surface area (Å²) in [7, 11) is 0. The van der Waals surface area contributed by atoms with Gasteiger partial charge in [0.2, 0.25) is 0 Å². The highest BCUT2D eigenvalue weighted by atomic mass is 19.1. The van der Waals surface area contributed by atoms with Gasteiger partial charge in [-0.25, -0.2) is 4.39 Å². The molecule has 0 aliphatic rings. The summed E-state index contributed by atoms with van der Waals surface area (Å²) in [5, 5.41) is 18.7. The number of hydrogen-bond donors (Lipinski definition) is 1. The monoisotopic (exact) mass is 181 g/mol. The summed E-state index contributed by atoms with van der Waals surface area (Å²) < 4.78 is 12.6. The zero-order valence-corrected chi connectivity index (χ0v) is 6.32. The number of nitrogens with two attached hydrogens (primary N) is 1. The second-order valence-electron chi connectivity index (χ2n) is 2.26. The lowest BCUT2D eigenvalue weighted by molar-refractivity contribution is -0.384. The fourth-order valence-electron chi connectivity index (χ4n) is 0.847. The number of rotatable bonds is 1. The second-order valence-corrected chi connectivity index (χ2v) is 2.26. The molecule has 0 saturated carbocycles. The number of nitro benzene ring substituents is 1. The highest BCUT2D eigenvalue weighted by Crippen LogP contribution is 2.25. The molecule has 6 heteroatoms. The molecule has 66 valence electrons. The Kier molecular flexibility index (Phi) is 2.11. The minimum absolute atomic E-state index is 0.230. The van der Waals surface area contributed by atoms with E-state index in [1.165, 1.54) is 0 Å². The van der Waals surface area contributed by atoms with Gasteiger partial charge in [0.05, 0.1) is 16.6 Å². The standard InChI is InChI=1S/C7H4FN3O2/c8-5-1-4(3-9)7(10)6(2-5)11(12)13/h1-2H,10H2. The fourth-order valence-corrected chi connectivity index (χ4v) is 0.847. The van der Waals surface area contributed by atoms with Gasteiger partial charge in [-0.2, -0.15) is 5.26 Å². The minimum Gasteiger partial charge on any atom is -0.392 e. The van der Waals surface area contributed by atoms with Crippen molar-refractivity contribution in [2.45, 2.75) is 0 Å². The molecule has 0 aliphatic carbocycles. The van der Waals surface area contributed by atoms with E-state index in [9.17, 15) is 14.5 Å². The first-order chi connectivity index (χ1) is 6.06. The molecule has 0 heterocycles. The Morgan fingerprint density at radius 3 is 2.69 bits per heavy atom. The molecule has 0 saturated heterocycles. The zero-order valence-electron chi connectivity index (χ0n) is 6.32. The van der Waals surface area contributed by atoms with Gasteiger partial charge in [0.25, 0.3) is 5.69 Å². The molecule has 5 nitrogen and oxygen atoms in total. The Hall–Kier alpha value is -2.16. The molecule has 2 N–H and O–H groups in total.